The van der Waals surface area contributed by atoms with Crippen LogP contribution in [-0.2, 0) is 12.6 Å². The normalized spacial score (nSPS) is 11.8. The molecule has 2 rings (SSSR count). The van der Waals surface area contributed by atoms with Crippen molar-refractivity contribution in [1.29, 1.82) is 5.26 Å². The molecule has 0 aliphatic heterocycles. The minimum absolute atomic E-state index is 0.0314. The maximum atomic E-state index is 13.1. The summed E-state index contributed by atoms with van der Waals surface area (Å²) in [5, 5.41) is 13.0. The molecule has 2 aromatic heterocycles. The maximum Gasteiger partial charge on any atom is 0.421 e. The van der Waals surface area contributed by atoms with Crippen LogP contribution in [0.25, 0.3) is 5.65 Å². The Labute approximate surface area is 116 Å². The number of hydrogen-bond donors (Lipinski definition) is 1. The first-order valence-corrected chi connectivity index (χ1v) is 6.80. The smallest absolute Gasteiger partial charge is 0.382 e. The highest BCUT2D eigenvalue weighted by Gasteiger charge is 2.39. The predicted molar refractivity (Wildman–Crippen MR) is 68.3 cm³/mol. The van der Waals surface area contributed by atoms with Gasteiger partial charge in [-0.05, 0) is 12.7 Å². The van der Waals surface area contributed by atoms with Gasteiger partial charge in [0.05, 0.1) is 5.69 Å². The molecular formula is C11H10F3N5S. The van der Waals surface area contributed by atoms with Gasteiger partial charge in [0.25, 0.3) is 0 Å². The van der Waals surface area contributed by atoms with Gasteiger partial charge >= 0.3 is 6.18 Å². The second kappa shape index (κ2) is 4.86. The summed E-state index contributed by atoms with van der Waals surface area (Å²) in [5.74, 6) is -0.132. The van der Waals surface area contributed by atoms with Crippen LogP contribution in [-0.4, -0.2) is 20.9 Å². The average Bonchev–Trinajstić information content (AvgIpc) is 2.77. The minimum Gasteiger partial charge on any atom is -0.382 e. The third-order valence-corrected chi connectivity index (χ3v) is 3.44. The van der Waals surface area contributed by atoms with E-state index in [0.717, 1.165) is 16.3 Å². The minimum atomic E-state index is -4.57. The molecule has 0 aliphatic carbocycles. The van der Waals surface area contributed by atoms with Gasteiger partial charge in [0.15, 0.2) is 5.65 Å². The molecule has 9 heteroatoms. The third-order valence-electron chi connectivity index (χ3n) is 2.76. The Bertz CT molecular complexity index is 714. The second-order valence-electron chi connectivity index (χ2n) is 3.90. The predicted octanol–water partition coefficient (Wildman–Crippen LogP) is 2.49. The van der Waals surface area contributed by atoms with Crippen molar-refractivity contribution >= 4 is 23.2 Å². The van der Waals surface area contributed by atoms with E-state index >= 15 is 0 Å². The van der Waals surface area contributed by atoms with Crippen molar-refractivity contribution in [2.45, 2.75) is 24.5 Å². The van der Waals surface area contributed by atoms with E-state index in [9.17, 15) is 13.2 Å². The number of nitriles is 1. The lowest BCUT2D eigenvalue weighted by Gasteiger charge is -2.08. The molecule has 5 nitrogen and oxygen atoms in total. The number of fused-ring (bicyclic) bond motifs is 1. The zero-order chi connectivity index (χ0) is 15.1. The molecule has 0 amide bonds. The van der Waals surface area contributed by atoms with Crippen molar-refractivity contribution in [1.82, 2.24) is 14.6 Å². The molecule has 2 heterocycles. The molecule has 0 saturated carbocycles. The number of aryl methyl sites for hydroxylation is 1. The number of anilines is 1. The summed E-state index contributed by atoms with van der Waals surface area (Å²) < 4.78 is 40.3. The van der Waals surface area contributed by atoms with Crippen LogP contribution in [0.4, 0.5) is 19.0 Å². The van der Waals surface area contributed by atoms with E-state index < -0.39 is 11.7 Å². The monoisotopic (exact) mass is 301 g/mol. The highest BCUT2D eigenvalue weighted by Crippen LogP contribution is 2.37. The molecule has 0 radical (unpaired) electrons. The van der Waals surface area contributed by atoms with Crippen LogP contribution in [0.1, 0.15) is 23.7 Å². The molecule has 2 N–H and O–H groups in total. The van der Waals surface area contributed by atoms with Gasteiger partial charge in [0.1, 0.15) is 28.0 Å². The van der Waals surface area contributed by atoms with Crippen LogP contribution >= 0.6 is 11.8 Å². The van der Waals surface area contributed by atoms with Crippen LogP contribution in [0.15, 0.2) is 5.03 Å². The third kappa shape index (κ3) is 2.06. The molecule has 106 valence electrons. The average molecular weight is 301 g/mol. The standard InChI is InChI=1S/C11H10F3N5S/c1-3-6-7(11(12,13)14)9-17-10(20-2)5(4-15)8(16)19(9)18-6/h3,16H2,1-2H3. The molecule has 20 heavy (non-hydrogen) atoms. The lowest BCUT2D eigenvalue weighted by atomic mass is 10.2. The van der Waals surface area contributed by atoms with Crippen LogP contribution in [0.3, 0.4) is 0 Å². The number of rotatable bonds is 2. The van der Waals surface area contributed by atoms with E-state index in [4.69, 9.17) is 11.0 Å². The molecule has 0 saturated heterocycles. The summed E-state index contributed by atoms with van der Waals surface area (Å²) >= 11 is 1.06. The first-order valence-electron chi connectivity index (χ1n) is 5.57. The fraction of sp³-hybridized carbons (Fsp3) is 0.364. The molecule has 2 aromatic rings. The van der Waals surface area contributed by atoms with Crippen molar-refractivity contribution in [3.8, 4) is 6.07 Å². The molecule has 0 fully saturated rings. The lowest BCUT2D eigenvalue weighted by Crippen LogP contribution is -2.10. The Kier molecular flexibility index (Phi) is 3.52. The van der Waals surface area contributed by atoms with E-state index in [-0.39, 0.29) is 34.2 Å². The van der Waals surface area contributed by atoms with Crippen LogP contribution in [0.2, 0.25) is 0 Å². The molecule has 0 atom stereocenters. The lowest BCUT2D eigenvalue weighted by molar-refractivity contribution is -0.137. The first-order chi connectivity index (χ1) is 9.35. The van der Waals surface area contributed by atoms with Crippen molar-refractivity contribution in [2.75, 3.05) is 12.0 Å². The number of hydrogen-bond acceptors (Lipinski definition) is 5. The highest BCUT2D eigenvalue weighted by molar-refractivity contribution is 7.98. The van der Waals surface area contributed by atoms with Gasteiger partial charge < -0.3 is 5.73 Å². The number of halogens is 3. The van der Waals surface area contributed by atoms with Gasteiger partial charge in [-0.3, -0.25) is 0 Å². The van der Waals surface area contributed by atoms with Gasteiger partial charge in [-0.25, -0.2) is 4.98 Å². The quantitative estimate of drug-likeness (QED) is 0.681. The number of nitrogen functional groups attached to an aromatic ring is 1. The summed E-state index contributed by atoms with van der Waals surface area (Å²) in [5.41, 5.74) is 4.37. The van der Waals surface area contributed by atoms with Crippen molar-refractivity contribution in [2.24, 2.45) is 0 Å². The molecule has 0 aliphatic rings. The summed E-state index contributed by atoms with van der Waals surface area (Å²) in [6.07, 6.45) is -2.87. The van der Waals surface area contributed by atoms with Crippen LogP contribution in [0.5, 0.6) is 0 Å². The Balaban J connectivity index is 2.95. The van der Waals surface area contributed by atoms with Gasteiger partial charge in [0.2, 0.25) is 0 Å². The van der Waals surface area contributed by atoms with Gasteiger partial charge in [-0.2, -0.15) is 28.0 Å². The van der Waals surface area contributed by atoms with Crippen molar-refractivity contribution < 1.29 is 13.2 Å². The van der Waals surface area contributed by atoms with E-state index in [2.05, 4.69) is 10.1 Å². The molecular weight excluding hydrogens is 291 g/mol. The summed E-state index contributed by atoms with van der Waals surface area (Å²) in [6, 6.07) is 1.84. The Morgan fingerprint density at radius 3 is 2.55 bits per heavy atom. The highest BCUT2D eigenvalue weighted by atomic mass is 32.2. The molecule has 0 unspecified atom stereocenters. The fourth-order valence-corrected chi connectivity index (χ4v) is 2.41. The van der Waals surface area contributed by atoms with E-state index in [1.807, 2.05) is 6.07 Å². The number of thioether (sulfide) groups is 1. The van der Waals surface area contributed by atoms with Gasteiger partial charge in [-0.1, -0.05) is 6.92 Å². The fourth-order valence-electron chi connectivity index (χ4n) is 1.88. The Morgan fingerprint density at radius 1 is 1.45 bits per heavy atom. The van der Waals surface area contributed by atoms with Crippen molar-refractivity contribution in [3.63, 3.8) is 0 Å². The van der Waals surface area contributed by atoms with E-state index in [1.54, 1.807) is 13.2 Å². The largest absolute Gasteiger partial charge is 0.421 e. The SMILES string of the molecule is CCc1nn2c(N)c(C#N)c(SC)nc2c1C(F)(F)F. The van der Waals surface area contributed by atoms with Gasteiger partial charge in [-0.15, -0.1) is 11.8 Å². The van der Waals surface area contributed by atoms with Gasteiger partial charge in [0, 0.05) is 0 Å². The Morgan fingerprint density at radius 2 is 2.10 bits per heavy atom. The molecule has 0 aromatic carbocycles. The summed E-state index contributed by atoms with van der Waals surface area (Å²) in [4.78, 5) is 3.90. The number of aromatic nitrogens is 3. The molecule has 0 bridgehead atoms. The number of nitrogens with zero attached hydrogens (tertiary/aromatic N) is 4. The number of alkyl halides is 3. The second-order valence-corrected chi connectivity index (χ2v) is 4.70. The topological polar surface area (TPSA) is 80.0 Å². The first kappa shape index (κ1) is 14.5. The zero-order valence-corrected chi connectivity index (χ0v) is 11.4. The van der Waals surface area contributed by atoms with Crippen LogP contribution < -0.4 is 5.73 Å². The zero-order valence-electron chi connectivity index (χ0n) is 10.6. The Hall–Kier alpha value is -1.95. The maximum absolute atomic E-state index is 13.1. The van der Waals surface area contributed by atoms with E-state index in [1.165, 1.54) is 0 Å². The number of nitrogens with two attached hydrogens (primary N) is 1. The summed E-state index contributed by atoms with van der Waals surface area (Å²) in [6.45, 7) is 1.56. The molecule has 0 spiro atoms. The van der Waals surface area contributed by atoms with E-state index in [0.29, 0.717) is 0 Å². The van der Waals surface area contributed by atoms with Crippen molar-refractivity contribution in [3.05, 3.63) is 16.8 Å². The summed E-state index contributed by atoms with van der Waals surface area (Å²) in [7, 11) is 0. The van der Waals surface area contributed by atoms with Crippen LogP contribution in [0, 0.1) is 11.3 Å².